The summed E-state index contributed by atoms with van der Waals surface area (Å²) in [7, 11) is 3.87. The lowest BCUT2D eigenvalue weighted by Crippen LogP contribution is -2.36. The molecule has 0 radical (unpaired) electrons. The molecule has 0 aliphatic carbocycles. The number of carbonyl (C=O) groups is 1. The van der Waals surface area contributed by atoms with E-state index in [1.54, 1.807) is 13.1 Å². The van der Waals surface area contributed by atoms with E-state index in [1.807, 2.05) is 13.0 Å². The SMILES string of the molecule is CNc1cc(C(=O)NC2CCN(C)C2)cc(C)n1. The largest absolute Gasteiger partial charge is 0.373 e. The van der Waals surface area contributed by atoms with E-state index in [1.165, 1.54) is 0 Å². The average molecular weight is 248 g/mol. The molecule has 1 fully saturated rings. The Morgan fingerprint density at radius 2 is 2.28 bits per heavy atom. The summed E-state index contributed by atoms with van der Waals surface area (Å²) in [5.74, 6) is 0.709. The molecule has 2 heterocycles. The molecule has 2 N–H and O–H groups in total. The molecule has 1 saturated heterocycles. The van der Waals surface area contributed by atoms with Gasteiger partial charge in [0.15, 0.2) is 0 Å². The molecular weight excluding hydrogens is 228 g/mol. The molecule has 0 bridgehead atoms. The van der Waals surface area contributed by atoms with E-state index >= 15 is 0 Å². The minimum Gasteiger partial charge on any atom is -0.373 e. The summed E-state index contributed by atoms with van der Waals surface area (Å²) in [6.07, 6.45) is 1.02. The van der Waals surface area contributed by atoms with Crippen LogP contribution in [0.2, 0.25) is 0 Å². The van der Waals surface area contributed by atoms with Gasteiger partial charge < -0.3 is 15.5 Å². The van der Waals surface area contributed by atoms with Crippen LogP contribution in [0.5, 0.6) is 0 Å². The van der Waals surface area contributed by atoms with Gasteiger partial charge in [0, 0.05) is 30.9 Å². The van der Waals surface area contributed by atoms with Crippen molar-refractivity contribution in [1.29, 1.82) is 0 Å². The Bertz CT molecular complexity index is 447. The third kappa shape index (κ3) is 2.98. The first-order valence-electron chi connectivity index (χ1n) is 6.24. The highest BCUT2D eigenvalue weighted by atomic mass is 16.1. The zero-order chi connectivity index (χ0) is 13.1. The minimum absolute atomic E-state index is 0.0164. The van der Waals surface area contributed by atoms with Crippen molar-refractivity contribution in [1.82, 2.24) is 15.2 Å². The quantitative estimate of drug-likeness (QED) is 0.833. The molecular formula is C13H20N4O. The van der Waals surface area contributed by atoms with Crippen LogP contribution in [0.3, 0.4) is 0 Å². The second-order valence-corrected chi connectivity index (χ2v) is 4.85. The second kappa shape index (κ2) is 5.35. The van der Waals surface area contributed by atoms with Gasteiger partial charge in [-0.1, -0.05) is 0 Å². The van der Waals surface area contributed by atoms with Crippen LogP contribution in [0, 0.1) is 6.92 Å². The van der Waals surface area contributed by atoms with E-state index in [0.29, 0.717) is 5.56 Å². The lowest BCUT2D eigenvalue weighted by molar-refractivity contribution is 0.0938. The maximum absolute atomic E-state index is 12.1. The average Bonchev–Trinajstić information content (AvgIpc) is 2.73. The van der Waals surface area contributed by atoms with E-state index in [4.69, 9.17) is 0 Å². The monoisotopic (exact) mass is 248 g/mol. The number of aryl methyl sites for hydroxylation is 1. The van der Waals surface area contributed by atoms with E-state index in [9.17, 15) is 4.79 Å². The van der Waals surface area contributed by atoms with E-state index in [2.05, 4.69) is 27.6 Å². The number of pyridine rings is 1. The van der Waals surface area contributed by atoms with Crippen molar-refractivity contribution in [2.45, 2.75) is 19.4 Å². The molecule has 0 spiro atoms. The summed E-state index contributed by atoms with van der Waals surface area (Å²) in [5, 5.41) is 6.03. The van der Waals surface area contributed by atoms with Gasteiger partial charge in [-0.25, -0.2) is 4.98 Å². The number of likely N-dealkylation sites (tertiary alicyclic amines) is 1. The van der Waals surface area contributed by atoms with Crippen molar-refractivity contribution in [3.05, 3.63) is 23.4 Å². The van der Waals surface area contributed by atoms with Crippen LogP contribution in [0.4, 0.5) is 5.82 Å². The van der Waals surface area contributed by atoms with Crippen LogP contribution >= 0.6 is 0 Å². The summed E-state index contributed by atoms with van der Waals surface area (Å²) in [5.41, 5.74) is 1.51. The Hall–Kier alpha value is -1.62. The molecule has 1 amide bonds. The lowest BCUT2D eigenvalue weighted by Gasteiger charge is -2.13. The van der Waals surface area contributed by atoms with Gasteiger partial charge in [0.25, 0.3) is 5.91 Å². The highest BCUT2D eigenvalue weighted by molar-refractivity contribution is 5.95. The molecule has 5 heteroatoms. The zero-order valence-electron chi connectivity index (χ0n) is 11.2. The molecule has 1 unspecified atom stereocenters. The molecule has 2 rings (SSSR count). The van der Waals surface area contributed by atoms with Crippen molar-refractivity contribution >= 4 is 11.7 Å². The fraction of sp³-hybridized carbons (Fsp3) is 0.538. The van der Waals surface area contributed by atoms with Crippen LogP contribution in [0.1, 0.15) is 22.5 Å². The van der Waals surface area contributed by atoms with E-state index in [0.717, 1.165) is 31.0 Å². The summed E-state index contributed by atoms with van der Waals surface area (Å²) < 4.78 is 0. The molecule has 18 heavy (non-hydrogen) atoms. The molecule has 5 nitrogen and oxygen atoms in total. The number of hydrogen-bond acceptors (Lipinski definition) is 4. The summed E-state index contributed by atoms with van der Waals surface area (Å²) in [6.45, 7) is 3.86. The van der Waals surface area contributed by atoms with Gasteiger partial charge >= 0.3 is 0 Å². The van der Waals surface area contributed by atoms with Gasteiger partial charge in [0.2, 0.25) is 0 Å². The third-order valence-electron chi connectivity index (χ3n) is 3.20. The molecule has 1 atom stereocenters. The fourth-order valence-corrected chi connectivity index (χ4v) is 2.25. The topological polar surface area (TPSA) is 57.3 Å². The predicted octanol–water partition coefficient (Wildman–Crippen LogP) is 0.866. The third-order valence-corrected chi connectivity index (χ3v) is 3.20. The fourth-order valence-electron chi connectivity index (χ4n) is 2.25. The molecule has 1 aromatic rings. The molecule has 1 aliphatic rings. The standard InChI is InChI=1S/C13H20N4O/c1-9-6-10(7-12(14-2)15-9)13(18)16-11-4-5-17(3)8-11/h6-7,11H,4-5,8H2,1-3H3,(H,14,15)(H,16,18). The number of anilines is 1. The summed E-state index contributed by atoms with van der Waals surface area (Å²) >= 11 is 0. The maximum atomic E-state index is 12.1. The van der Waals surface area contributed by atoms with Crippen LogP contribution in [0.15, 0.2) is 12.1 Å². The Morgan fingerprint density at radius 3 is 2.89 bits per heavy atom. The first-order valence-corrected chi connectivity index (χ1v) is 6.24. The van der Waals surface area contributed by atoms with Gasteiger partial charge in [-0.3, -0.25) is 4.79 Å². The number of nitrogens with zero attached hydrogens (tertiary/aromatic N) is 2. The predicted molar refractivity (Wildman–Crippen MR) is 71.9 cm³/mol. The van der Waals surface area contributed by atoms with Gasteiger partial charge in [-0.2, -0.15) is 0 Å². The van der Waals surface area contributed by atoms with Crippen LogP contribution in [0.25, 0.3) is 0 Å². The zero-order valence-corrected chi connectivity index (χ0v) is 11.2. The Labute approximate surface area is 108 Å². The second-order valence-electron chi connectivity index (χ2n) is 4.85. The van der Waals surface area contributed by atoms with Gasteiger partial charge in [0.05, 0.1) is 0 Å². The molecule has 1 aliphatic heterocycles. The molecule has 0 saturated carbocycles. The van der Waals surface area contributed by atoms with Gasteiger partial charge in [0.1, 0.15) is 5.82 Å². The van der Waals surface area contributed by atoms with Crippen molar-refractivity contribution < 1.29 is 4.79 Å². The Kier molecular flexibility index (Phi) is 3.81. The number of aromatic nitrogens is 1. The minimum atomic E-state index is -0.0164. The lowest BCUT2D eigenvalue weighted by atomic mass is 10.2. The first-order chi connectivity index (χ1) is 8.58. The van der Waals surface area contributed by atoms with E-state index in [-0.39, 0.29) is 11.9 Å². The number of likely N-dealkylation sites (N-methyl/N-ethyl adjacent to an activating group) is 1. The van der Waals surface area contributed by atoms with Crippen molar-refractivity contribution in [2.75, 3.05) is 32.5 Å². The van der Waals surface area contributed by atoms with Crippen molar-refractivity contribution in [3.63, 3.8) is 0 Å². The molecule has 98 valence electrons. The number of amides is 1. The van der Waals surface area contributed by atoms with Crippen molar-refractivity contribution in [2.24, 2.45) is 0 Å². The van der Waals surface area contributed by atoms with Crippen molar-refractivity contribution in [3.8, 4) is 0 Å². The van der Waals surface area contributed by atoms with Crippen LogP contribution in [-0.4, -0.2) is 49.0 Å². The molecule has 1 aromatic heterocycles. The van der Waals surface area contributed by atoms with Crippen LogP contribution < -0.4 is 10.6 Å². The number of carbonyl (C=O) groups excluding carboxylic acids is 1. The first kappa shape index (κ1) is 12.8. The highest BCUT2D eigenvalue weighted by Crippen LogP contribution is 2.11. The summed E-state index contributed by atoms with van der Waals surface area (Å²) in [4.78, 5) is 18.6. The number of hydrogen-bond donors (Lipinski definition) is 2. The molecule has 0 aromatic carbocycles. The number of rotatable bonds is 3. The van der Waals surface area contributed by atoms with Gasteiger partial charge in [-0.05, 0) is 39.1 Å². The maximum Gasteiger partial charge on any atom is 0.251 e. The van der Waals surface area contributed by atoms with Crippen LogP contribution in [-0.2, 0) is 0 Å². The normalized spacial score (nSPS) is 19.8. The number of nitrogens with one attached hydrogen (secondary N) is 2. The highest BCUT2D eigenvalue weighted by Gasteiger charge is 2.21. The smallest absolute Gasteiger partial charge is 0.251 e. The van der Waals surface area contributed by atoms with E-state index < -0.39 is 0 Å². The Balaban J connectivity index is 2.06. The summed E-state index contributed by atoms with van der Waals surface area (Å²) in [6, 6.07) is 3.85. The Morgan fingerprint density at radius 1 is 1.50 bits per heavy atom. The van der Waals surface area contributed by atoms with Gasteiger partial charge in [-0.15, -0.1) is 0 Å².